The number of aliphatic hydroxyl groups excluding tert-OH is 1. The van der Waals surface area contributed by atoms with E-state index in [1.165, 1.54) is 0 Å². The van der Waals surface area contributed by atoms with Gasteiger partial charge in [0.15, 0.2) is 0 Å². The van der Waals surface area contributed by atoms with Crippen molar-refractivity contribution < 1.29 is 14.6 Å². The van der Waals surface area contributed by atoms with Crippen molar-refractivity contribution in [2.75, 3.05) is 38.6 Å². The van der Waals surface area contributed by atoms with E-state index in [0.717, 1.165) is 31.9 Å². The summed E-state index contributed by atoms with van der Waals surface area (Å²) in [5.41, 5.74) is 6.32. The largest absolute Gasteiger partial charge is 0.491 e. The molecule has 20 heavy (non-hydrogen) atoms. The molecule has 5 nitrogen and oxygen atoms in total. The molecule has 1 aromatic carbocycles. The van der Waals surface area contributed by atoms with E-state index in [-0.39, 0.29) is 12.7 Å². The van der Waals surface area contributed by atoms with Crippen molar-refractivity contribution in [3.05, 3.63) is 24.3 Å². The van der Waals surface area contributed by atoms with Crippen LogP contribution in [0.5, 0.6) is 5.75 Å². The summed E-state index contributed by atoms with van der Waals surface area (Å²) >= 11 is 0. The number of ether oxygens (including phenoxy) is 2. The molecule has 1 saturated heterocycles. The predicted octanol–water partition coefficient (Wildman–Crippen LogP) is 1.12. The Morgan fingerprint density at radius 1 is 1.45 bits per heavy atom. The van der Waals surface area contributed by atoms with Gasteiger partial charge in [0, 0.05) is 31.9 Å². The number of nitrogens with zero attached hydrogens (tertiary/aromatic N) is 1. The Kier molecular flexibility index (Phi) is 5.64. The van der Waals surface area contributed by atoms with Gasteiger partial charge in [0.2, 0.25) is 0 Å². The van der Waals surface area contributed by atoms with Crippen LogP contribution < -0.4 is 10.5 Å². The highest BCUT2D eigenvalue weighted by molar-refractivity contribution is 5.41. The van der Waals surface area contributed by atoms with Crippen molar-refractivity contribution in [1.29, 1.82) is 0 Å². The minimum atomic E-state index is -0.502. The lowest BCUT2D eigenvalue weighted by molar-refractivity contribution is 0.0440. The van der Waals surface area contributed by atoms with Crippen molar-refractivity contribution in [3.63, 3.8) is 0 Å². The maximum absolute atomic E-state index is 10.1. The summed E-state index contributed by atoms with van der Waals surface area (Å²) in [5, 5.41) is 10.1. The van der Waals surface area contributed by atoms with Crippen molar-refractivity contribution in [2.45, 2.75) is 25.6 Å². The molecule has 5 heteroatoms. The molecule has 0 radical (unpaired) electrons. The molecule has 1 aromatic rings. The molecule has 1 heterocycles. The van der Waals surface area contributed by atoms with Gasteiger partial charge in [0.1, 0.15) is 18.5 Å². The van der Waals surface area contributed by atoms with Crippen LogP contribution in [0.1, 0.15) is 13.3 Å². The van der Waals surface area contributed by atoms with Crippen molar-refractivity contribution in [3.8, 4) is 5.75 Å². The van der Waals surface area contributed by atoms with E-state index < -0.39 is 6.10 Å². The third-order valence-corrected chi connectivity index (χ3v) is 3.33. The zero-order valence-electron chi connectivity index (χ0n) is 12.0. The second-order valence-electron chi connectivity index (χ2n) is 5.33. The highest BCUT2D eigenvalue weighted by atomic mass is 16.5. The maximum atomic E-state index is 10.1. The number of anilines is 1. The fraction of sp³-hybridized carbons (Fsp3) is 0.600. The maximum Gasteiger partial charge on any atom is 0.119 e. The van der Waals surface area contributed by atoms with Crippen LogP contribution in [-0.2, 0) is 4.74 Å². The molecule has 0 aromatic heterocycles. The zero-order valence-corrected chi connectivity index (χ0v) is 12.0. The molecule has 0 spiro atoms. The number of hydrogen-bond acceptors (Lipinski definition) is 5. The van der Waals surface area contributed by atoms with Crippen LogP contribution in [0.3, 0.4) is 0 Å². The van der Waals surface area contributed by atoms with Crippen LogP contribution in [0.15, 0.2) is 24.3 Å². The second kappa shape index (κ2) is 7.47. The second-order valence-corrected chi connectivity index (χ2v) is 5.33. The molecule has 1 aliphatic heterocycles. The lowest BCUT2D eigenvalue weighted by Gasteiger charge is -2.24. The first kappa shape index (κ1) is 15.1. The lowest BCUT2D eigenvalue weighted by atomic mass is 10.3. The quantitative estimate of drug-likeness (QED) is 0.791. The highest BCUT2D eigenvalue weighted by Crippen LogP contribution is 2.13. The minimum absolute atomic E-state index is 0.225. The first-order valence-electron chi connectivity index (χ1n) is 7.14. The average Bonchev–Trinajstić information content (AvgIpc) is 2.62. The Labute approximate surface area is 120 Å². The van der Waals surface area contributed by atoms with E-state index in [2.05, 4.69) is 11.8 Å². The first-order chi connectivity index (χ1) is 9.63. The molecule has 0 amide bonds. The van der Waals surface area contributed by atoms with E-state index in [1.807, 2.05) is 12.1 Å². The number of benzene rings is 1. The topological polar surface area (TPSA) is 68.0 Å². The molecule has 1 aliphatic rings. The normalized spacial score (nSPS) is 22.2. The zero-order chi connectivity index (χ0) is 14.4. The molecule has 0 saturated carbocycles. The Morgan fingerprint density at radius 3 is 2.95 bits per heavy atom. The van der Waals surface area contributed by atoms with Gasteiger partial charge in [-0.15, -0.1) is 0 Å². The van der Waals surface area contributed by atoms with Gasteiger partial charge in [0.05, 0.1) is 6.10 Å². The Bertz CT molecular complexity index is 397. The molecule has 2 unspecified atom stereocenters. The molecular weight excluding hydrogens is 256 g/mol. The summed E-state index contributed by atoms with van der Waals surface area (Å²) in [7, 11) is 0. The molecular formula is C15H24N2O3. The third kappa shape index (κ3) is 5.00. The molecule has 1 fully saturated rings. The van der Waals surface area contributed by atoms with Gasteiger partial charge in [0.25, 0.3) is 0 Å². The fourth-order valence-corrected chi connectivity index (χ4v) is 2.35. The molecule has 0 aliphatic carbocycles. The van der Waals surface area contributed by atoms with Gasteiger partial charge < -0.3 is 20.3 Å². The Morgan fingerprint density at radius 2 is 2.20 bits per heavy atom. The molecule has 3 N–H and O–H groups in total. The smallest absolute Gasteiger partial charge is 0.119 e. The van der Waals surface area contributed by atoms with E-state index >= 15 is 0 Å². The number of hydrogen-bond donors (Lipinski definition) is 2. The van der Waals surface area contributed by atoms with Gasteiger partial charge in [-0.3, -0.25) is 4.90 Å². The monoisotopic (exact) mass is 280 g/mol. The van der Waals surface area contributed by atoms with Crippen LogP contribution in [0, 0.1) is 0 Å². The first-order valence-corrected chi connectivity index (χ1v) is 7.14. The molecule has 112 valence electrons. The van der Waals surface area contributed by atoms with Crippen molar-refractivity contribution in [2.24, 2.45) is 0 Å². The van der Waals surface area contributed by atoms with E-state index in [0.29, 0.717) is 12.2 Å². The predicted molar refractivity (Wildman–Crippen MR) is 78.8 cm³/mol. The third-order valence-electron chi connectivity index (χ3n) is 3.33. The van der Waals surface area contributed by atoms with Crippen LogP contribution in [0.4, 0.5) is 5.69 Å². The van der Waals surface area contributed by atoms with Gasteiger partial charge >= 0.3 is 0 Å². The Hall–Kier alpha value is -1.30. The summed E-state index contributed by atoms with van der Waals surface area (Å²) in [6.45, 7) is 5.59. The summed E-state index contributed by atoms with van der Waals surface area (Å²) in [5.74, 6) is 0.728. The number of β-amino-alcohol motifs (C(OH)–C–C–N with tert-alkyl or cyclic N) is 1. The molecule has 2 rings (SSSR count). The fourth-order valence-electron chi connectivity index (χ4n) is 2.35. The van der Waals surface area contributed by atoms with Crippen LogP contribution in [0.25, 0.3) is 0 Å². The van der Waals surface area contributed by atoms with Crippen LogP contribution in [0.2, 0.25) is 0 Å². The van der Waals surface area contributed by atoms with Gasteiger partial charge in [-0.1, -0.05) is 0 Å². The summed E-state index contributed by atoms with van der Waals surface area (Å²) < 4.78 is 11.1. The van der Waals surface area contributed by atoms with Crippen LogP contribution >= 0.6 is 0 Å². The average molecular weight is 280 g/mol. The highest BCUT2D eigenvalue weighted by Gasteiger charge is 2.18. The lowest BCUT2D eigenvalue weighted by Crippen LogP contribution is -2.38. The van der Waals surface area contributed by atoms with E-state index in [9.17, 15) is 5.11 Å². The summed E-state index contributed by atoms with van der Waals surface area (Å²) in [4.78, 5) is 2.23. The summed E-state index contributed by atoms with van der Waals surface area (Å²) in [6, 6.07) is 7.19. The SMILES string of the molecule is CC1CN(CC(O)COc2ccc(N)cc2)CCCO1. The summed E-state index contributed by atoms with van der Waals surface area (Å²) in [6.07, 6.45) is 0.733. The number of rotatable bonds is 5. The van der Waals surface area contributed by atoms with Gasteiger partial charge in [-0.2, -0.15) is 0 Å². The molecule has 0 bridgehead atoms. The van der Waals surface area contributed by atoms with E-state index in [1.54, 1.807) is 12.1 Å². The van der Waals surface area contributed by atoms with Crippen LogP contribution in [-0.4, -0.2) is 55.1 Å². The van der Waals surface area contributed by atoms with Gasteiger partial charge in [-0.25, -0.2) is 0 Å². The molecule has 2 atom stereocenters. The van der Waals surface area contributed by atoms with Gasteiger partial charge in [-0.05, 0) is 37.6 Å². The number of nitrogen functional groups attached to an aromatic ring is 1. The Balaban J connectivity index is 1.74. The van der Waals surface area contributed by atoms with E-state index in [4.69, 9.17) is 15.2 Å². The van der Waals surface area contributed by atoms with Crippen molar-refractivity contribution >= 4 is 5.69 Å². The number of aliphatic hydroxyl groups is 1. The van der Waals surface area contributed by atoms with Crippen molar-refractivity contribution in [1.82, 2.24) is 4.90 Å². The minimum Gasteiger partial charge on any atom is -0.491 e. The number of nitrogens with two attached hydrogens (primary N) is 1. The standard InChI is InChI=1S/C15H24N2O3/c1-12-9-17(7-2-8-19-12)10-14(18)11-20-15-5-3-13(16)4-6-15/h3-6,12,14,18H,2,7-11,16H2,1H3.